The van der Waals surface area contributed by atoms with E-state index in [4.69, 9.17) is 4.74 Å². The standard InChI is InChI=1S/C14H14O3/c1-3-5-12-9(2)14(16)13-10(8-17-12)6-4-7-11(13)15/h3-7,15H,8H2,1-2H3/b5-3-. The van der Waals surface area contributed by atoms with Crippen LogP contribution in [0.1, 0.15) is 29.8 Å². The zero-order valence-corrected chi connectivity index (χ0v) is 9.86. The van der Waals surface area contributed by atoms with E-state index >= 15 is 0 Å². The highest BCUT2D eigenvalue weighted by Gasteiger charge is 2.23. The number of ketones is 1. The van der Waals surface area contributed by atoms with E-state index in [2.05, 4.69) is 0 Å². The molecule has 1 heterocycles. The SMILES string of the molecule is C/C=C\C1=C(C)C(=O)c2c(O)cccc2CO1. The van der Waals surface area contributed by atoms with Gasteiger partial charge >= 0.3 is 0 Å². The van der Waals surface area contributed by atoms with Gasteiger partial charge in [-0.15, -0.1) is 0 Å². The number of aromatic hydroxyl groups is 1. The molecule has 0 atom stereocenters. The third-order valence-electron chi connectivity index (χ3n) is 2.77. The van der Waals surface area contributed by atoms with Gasteiger partial charge in [-0.1, -0.05) is 18.2 Å². The first-order valence-corrected chi connectivity index (χ1v) is 5.47. The Morgan fingerprint density at radius 1 is 1.41 bits per heavy atom. The Balaban J connectivity index is 2.57. The van der Waals surface area contributed by atoms with Gasteiger partial charge in [0.2, 0.25) is 0 Å². The molecular weight excluding hydrogens is 216 g/mol. The van der Waals surface area contributed by atoms with Crippen molar-refractivity contribution in [1.29, 1.82) is 0 Å². The molecule has 1 aliphatic rings. The molecule has 0 spiro atoms. The van der Waals surface area contributed by atoms with E-state index < -0.39 is 0 Å². The van der Waals surface area contributed by atoms with Crippen LogP contribution in [0.4, 0.5) is 0 Å². The maximum absolute atomic E-state index is 12.2. The van der Waals surface area contributed by atoms with E-state index in [1.54, 1.807) is 25.1 Å². The van der Waals surface area contributed by atoms with Gasteiger partial charge in [-0.25, -0.2) is 0 Å². The highest BCUT2D eigenvalue weighted by atomic mass is 16.5. The molecule has 0 radical (unpaired) electrons. The van der Waals surface area contributed by atoms with Crippen molar-refractivity contribution < 1.29 is 14.6 Å². The number of ether oxygens (including phenoxy) is 1. The van der Waals surface area contributed by atoms with Gasteiger partial charge in [0.1, 0.15) is 18.1 Å². The van der Waals surface area contributed by atoms with E-state index in [9.17, 15) is 9.90 Å². The van der Waals surface area contributed by atoms with Crippen LogP contribution >= 0.6 is 0 Å². The fourth-order valence-electron chi connectivity index (χ4n) is 1.86. The number of Topliss-reactive ketones (excluding diaryl/α,β-unsaturated/α-hetero) is 1. The first kappa shape index (κ1) is 11.5. The minimum Gasteiger partial charge on any atom is -0.507 e. The molecule has 88 valence electrons. The highest BCUT2D eigenvalue weighted by Crippen LogP contribution is 2.29. The zero-order chi connectivity index (χ0) is 12.4. The summed E-state index contributed by atoms with van der Waals surface area (Å²) in [5, 5.41) is 9.77. The largest absolute Gasteiger partial charge is 0.507 e. The molecule has 0 bridgehead atoms. The number of rotatable bonds is 1. The second-order valence-corrected chi connectivity index (χ2v) is 3.92. The summed E-state index contributed by atoms with van der Waals surface area (Å²) in [7, 11) is 0. The van der Waals surface area contributed by atoms with E-state index in [1.165, 1.54) is 6.07 Å². The number of hydrogen-bond donors (Lipinski definition) is 1. The number of carbonyl (C=O) groups excluding carboxylic acids is 1. The molecule has 0 unspecified atom stereocenters. The molecule has 0 saturated heterocycles. The lowest BCUT2D eigenvalue weighted by atomic mass is 9.99. The van der Waals surface area contributed by atoms with Gasteiger partial charge in [-0.3, -0.25) is 4.79 Å². The zero-order valence-electron chi connectivity index (χ0n) is 9.86. The van der Waals surface area contributed by atoms with E-state index in [-0.39, 0.29) is 11.5 Å². The lowest BCUT2D eigenvalue weighted by molar-refractivity contribution is 0.102. The Kier molecular flexibility index (Phi) is 3.00. The fourth-order valence-corrected chi connectivity index (χ4v) is 1.86. The molecule has 1 aromatic rings. The van der Waals surface area contributed by atoms with Crippen LogP contribution in [0.15, 0.2) is 41.7 Å². The van der Waals surface area contributed by atoms with Crippen molar-refractivity contribution in [1.82, 2.24) is 0 Å². The van der Waals surface area contributed by atoms with Crippen molar-refractivity contribution in [3.8, 4) is 5.75 Å². The van der Waals surface area contributed by atoms with Crippen molar-refractivity contribution in [2.24, 2.45) is 0 Å². The molecule has 2 rings (SSSR count). The Morgan fingerprint density at radius 3 is 2.88 bits per heavy atom. The van der Waals surface area contributed by atoms with Crippen LogP contribution in [0.2, 0.25) is 0 Å². The van der Waals surface area contributed by atoms with Crippen molar-refractivity contribution in [3.63, 3.8) is 0 Å². The molecule has 17 heavy (non-hydrogen) atoms. The van der Waals surface area contributed by atoms with Gasteiger partial charge in [0.15, 0.2) is 5.78 Å². The first-order valence-electron chi connectivity index (χ1n) is 5.47. The summed E-state index contributed by atoms with van der Waals surface area (Å²) in [4.78, 5) is 12.2. The number of carbonyl (C=O) groups is 1. The average Bonchev–Trinajstić information content (AvgIpc) is 2.43. The minimum absolute atomic E-state index is 0.0113. The van der Waals surface area contributed by atoms with Crippen LogP contribution in [0, 0.1) is 0 Å². The topological polar surface area (TPSA) is 46.5 Å². The number of hydrogen-bond acceptors (Lipinski definition) is 3. The molecule has 0 aliphatic carbocycles. The minimum atomic E-state index is -0.177. The molecule has 1 aromatic carbocycles. The van der Waals surface area contributed by atoms with Crippen LogP contribution in [-0.2, 0) is 11.3 Å². The highest BCUT2D eigenvalue weighted by molar-refractivity contribution is 6.11. The van der Waals surface area contributed by atoms with Gasteiger partial charge in [0.05, 0.1) is 5.56 Å². The molecule has 0 amide bonds. The summed E-state index contributed by atoms with van der Waals surface area (Å²) < 4.78 is 5.57. The Labute approximate surface area is 100 Å². The number of phenols is 1. The van der Waals surface area contributed by atoms with Crippen LogP contribution in [0.5, 0.6) is 5.75 Å². The summed E-state index contributed by atoms with van der Waals surface area (Å²) in [6, 6.07) is 5.02. The molecule has 0 aromatic heterocycles. The predicted molar refractivity (Wildman–Crippen MR) is 64.7 cm³/mol. The molecule has 0 fully saturated rings. The molecule has 1 aliphatic heterocycles. The maximum Gasteiger partial charge on any atom is 0.196 e. The summed E-state index contributed by atoms with van der Waals surface area (Å²) in [6.07, 6.45) is 3.58. The molecule has 1 N–H and O–H groups in total. The fraction of sp³-hybridized carbons (Fsp3) is 0.214. The van der Waals surface area contributed by atoms with E-state index in [0.717, 1.165) is 0 Å². The quantitative estimate of drug-likeness (QED) is 0.806. The number of phenolic OH excluding ortho intramolecular Hbond substituents is 1. The first-order chi connectivity index (χ1) is 8.15. The summed E-state index contributed by atoms with van der Waals surface area (Å²) in [5.74, 6) is 0.397. The Hall–Kier alpha value is -2.03. The molecule has 3 heteroatoms. The molecule has 3 nitrogen and oxygen atoms in total. The number of fused-ring (bicyclic) bond motifs is 1. The van der Waals surface area contributed by atoms with Gasteiger partial charge in [-0.05, 0) is 26.0 Å². The van der Waals surface area contributed by atoms with Crippen molar-refractivity contribution in [2.45, 2.75) is 20.5 Å². The monoisotopic (exact) mass is 230 g/mol. The Bertz CT molecular complexity index is 524. The number of benzene rings is 1. The van der Waals surface area contributed by atoms with E-state index in [1.807, 2.05) is 13.0 Å². The van der Waals surface area contributed by atoms with Gasteiger partial charge in [0, 0.05) is 11.1 Å². The second-order valence-electron chi connectivity index (χ2n) is 3.92. The summed E-state index contributed by atoms with van der Waals surface area (Å²) >= 11 is 0. The van der Waals surface area contributed by atoms with Crippen LogP contribution < -0.4 is 0 Å². The van der Waals surface area contributed by atoms with Crippen LogP contribution in [-0.4, -0.2) is 10.9 Å². The Morgan fingerprint density at radius 2 is 2.18 bits per heavy atom. The van der Waals surface area contributed by atoms with Gasteiger partial charge in [-0.2, -0.15) is 0 Å². The van der Waals surface area contributed by atoms with Gasteiger partial charge < -0.3 is 9.84 Å². The maximum atomic E-state index is 12.2. The molecular formula is C14H14O3. The second kappa shape index (κ2) is 4.45. The van der Waals surface area contributed by atoms with Crippen molar-refractivity contribution >= 4 is 5.78 Å². The van der Waals surface area contributed by atoms with E-state index in [0.29, 0.717) is 29.1 Å². The van der Waals surface area contributed by atoms with Crippen molar-refractivity contribution in [2.75, 3.05) is 0 Å². The lowest BCUT2D eigenvalue weighted by Crippen LogP contribution is -2.03. The third kappa shape index (κ3) is 1.96. The summed E-state index contributed by atoms with van der Waals surface area (Å²) in [6.45, 7) is 3.87. The summed E-state index contributed by atoms with van der Waals surface area (Å²) in [5.41, 5.74) is 1.58. The van der Waals surface area contributed by atoms with Crippen LogP contribution in [0.3, 0.4) is 0 Å². The normalized spacial score (nSPS) is 15.8. The third-order valence-corrected chi connectivity index (χ3v) is 2.77. The molecule has 0 saturated carbocycles. The average molecular weight is 230 g/mol. The smallest absolute Gasteiger partial charge is 0.196 e. The predicted octanol–water partition coefficient (Wildman–Crippen LogP) is 2.96. The van der Waals surface area contributed by atoms with Gasteiger partial charge in [0.25, 0.3) is 0 Å². The lowest BCUT2D eigenvalue weighted by Gasteiger charge is -2.06. The number of allylic oxidation sites excluding steroid dienone is 3. The van der Waals surface area contributed by atoms with Crippen molar-refractivity contribution in [3.05, 3.63) is 52.8 Å². The van der Waals surface area contributed by atoms with Crippen LogP contribution in [0.25, 0.3) is 0 Å².